The number of phosphoric ester groups is 1. The number of hydrogen-bond acceptors (Lipinski definition) is 8. The SMILES string of the molecule is CC/C=C\C/C=C\C/C=C\C/C=C\C/C=C\CCCC(=O)OC[C@H](COP(=O)(O)OCC[N+](C)(C)C)OC(=O)CC/C=C\C/C=C\C/C=C\C/C=C\CC1OC1C/C=C\CC. The average Bonchev–Trinajstić information content (AvgIpc) is 3.97. The van der Waals surface area contributed by atoms with Crippen molar-refractivity contribution >= 4 is 19.8 Å². The summed E-state index contributed by atoms with van der Waals surface area (Å²) in [6, 6.07) is 0. The molecule has 0 amide bonds. The van der Waals surface area contributed by atoms with Crippen molar-refractivity contribution in [2.75, 3.05) is 47.5 Å². The Hall–Kier alpha value is -3.63. The summed E-state index contributed by atoms with van der Waals surface area (Å²) in [6.07, 6.45) is 54.6. The largest absolute Gasteiger partial charge is 0.472 e. The van der Waals surface area contributed by atoms with Gasteiger partial charge in [0.25, 0.3) is 0 Å². The molecule has 61 heavy (non-hydrogen) atoms. The van der Waals surface area contributed by atoms with Crippen molar-refractivity contribution in [3.8, 4) is 0 Å². The van der Waals surface area contributed by atoms with E-state index in [0.717, 1.165) is 77.0 Å². The first kappa shape index (κ1) is 55.4. The van der Waals surface area contributed by atoms with Crippen LogP contribution in [0.25, 0.3) is 0 Å². The van der Waals surface area contributed by atoms with Crippen LogP contribution in [0.4, 0.5) is 0 Å². The zero-order chi connectivity index (χ0) is 44.7. The van der Waals surface area contributed by atoms with Gasteiger partial charge in [0, 0.05) is 12.8 Å². The molecule has 0 aromatic heterocycles. The third-order valence-electron chi connectivity index (χ3n) is 8.90. The molecular weight excluding hydrogens is 790 g/mol. The Morgan fingerprint density at radius 1 is 0.590 bits per heavy atom. The number of carbonyl (C=O) groups is 2. The van der Waals surface area contributed by atoms with E-state index in [2.05, 4.69) is 117 Å². The van der Waals surface area contributed by atoms with Crippen molar-refractivity contribution in [3.05, 3.63) is 122 Å². The van der Waals surface area contributed by atoms with Crippen molar-refractivity contribution in [1.29, 1.82) is 0 Å². The van der Waals surface area contributed by atoms with E-state index >= 15 is 0 Å². The summed E-state index contributed by atoms with van der Waals surface area (Å²) in [5.41, 5.74) is 0. The number of allylic oxidation sites excluding steroid dienone is 18. The first-order valence-corrected chi connectivity index (χ1v) is 23.9. The van der Waals surface area contributed by atoms with E-state index in [9.17, 15) is 19.0 Å². The number of rotatable bonds is 37. The van der Waals surface area contributed by atoms with Crippen LogP contribution in [0.15, 0.2) is 122 Å². The van der Waals surface area contributed by atoms with Crippen LogP contribution in [0.3, 0.4) is 0 Å². The van der Waals surface area contributed by atoms with Gasteiger partial charge in [-0.1, -0.05) is 135 Å². The maximum Gasteiger partial charge on any atom is 0.472 e. The Kier molecular flexibility index (Phi) is 33.6. The van der Waals surface area contributed by atoms with Gasteiger partial charge in [0.05, 0.1) is 40.0 Å². The highest BCUT2D eigenvalue weighted by Gasteiger charge is 2.36. The van der Waals surface area contributed by atoms with E-state index in [0.29, 0.717) is 36.1 Å². The summed E-state index contributed by atoms with van der Waals surface area (Å²) in [7, 11) is 1.37. The minimum atomic E-state index is -4.42. The molecule has 0 bridgehead atoms. The van der Waals surface area contributed by atoms with Crippen LogP contribution in [0.2, 0.25) is 0 Å². The molecule has 0 aliphatic carbocycles. The molecule has 1 fully saturated rings. The molecule has 1 N–H and O–H groups in total. The van der Waals surface area contributed by atoms with Gasteiger partial charge in [-0.25, -0.2) is 4.57 Å². The molecule has 10 nitrogen and oxygen atoms in total. The Balaban J connectivity index is 2.38. The van der Waals surface area contributed by atoms with Crippen LogP contribution in [0, 0.1) is 0 Å². The van der Waals surface area contributed by atoms with Crippen molar-refractivity contribution in [2.24, 2.45) is 0 Å². The fourth-order valence-corrected chi connectivity index (χ4v) is 6.09. The van der Waals surface area contributed by atoms with Gasteiger partial charge in [0.1, 0.15) is 19.8 Å². The van der Waals surface area contributed by atoms with E-state index in [-0.39, 0.29) is 26.1 Å². The Labute approximate surface area is 369 Å². The first-order valence-electron chi connectivity index (χ1n) is 22.4. The highest BCUT2D eigenvalue weighted by molar-refractivity contribution is 7.47. The predicted molar refractivity (Wildman–Crippen MR) is 251 cm³/mol. The zero-order valence-electron chi connectivity index (χ0n) is 38.0. The van der Waals surface area contributed by atoms with E-state index < -0.39 is 32.5 Å². The van der Waals surface area contributed by atoms with Crippen LogP contribution in [0.5, 0.6) is 0 Å². The molecule has 342 valence electrons. The van der Waals surface area contributed by atoms with Gasteiger partial charge in [-0.3, -0.25) is 18.6 Å². The zero-order valence-corrected chi connectivity index (χ0v) is 38.9. The second-order valence-corrected chi connectivity index (χ2v) is 17.2. The maximum absolute atomic E-state index is 12.7. The summed E-state index contributed by atoms with van der Waals surface area (Å²) in [4.78, 5) is 35.4. The van der Waals surface area contributed by atoms with Gasteiger partial charge in [0.2, 0.25) is 0 Å². The summed E-state index contributed by atoms with van der Waals surface area (Å²) in [6.45, 7) is 3.99. The van der Waals surface area contributed by atoms with Crippen LogP contribution >= 0.6 is 7.82 Å². The molecule has 1 rings (SSSR count). The van der Waals surface area contributed by atoms with E-state index in [1.807, 2.05) is 39.4 Å². The third-order valence-corrected chi connectivity index (χ3v) is 9.89. The summed E-state index contributed by atoms with van der Waals surface area (Å²) >= 11 is 0. The summed E-state index contributed by atoms with van der Waals surface area (Å²) in [5.74, 6) is -0.985. The molecule has 1 aliphatic rings. The van der Waals surface area contributed by atoms with Gasteiger partial charge >= 0.3 is 19.8 Å². The molecule has 3 unspecified atom stereocenters. The third kappa shape index (κ3) is 37.8. The van der Waals surface area contributed by atoms with Gasteiger partial charge in [-0.2, -0.15) is 0 Å². The number of phosphoric acid groups is 1. The highest BCUT2D eigenvalue weighted by Crippen LogP contribution is 2.43. The highest BCUT2D eigenvalue weighted by atomic mass is 31.2. The quantitative estimate of drug-likeness (QED) is 0.0162. The number of ether oxygens (including phenoxy) is 3. The second-order valence-electron chi connectivity index (χ2n) is 15.7. The van der Waals surface area contributed by atoms with Crippen molar-refractivity contribution in [1.82, 2.24) is 0 Å². The predicted octanol–water partition coefficient (Wildman–Crippen LogP) is 11.9. The van der Waals surface area contributed by atoms with Gasteiger partial charge < -0.3 is 23.6 Å². The smallest absolute Gasteiger partial charge is 0.462 e. The average molecular weight is 869 g/mol. The van der Waals surface area contributed by atoms with Crippen LogP contribution in [-0.2, 0) is 37.4 Å². The van der Waals surface area contributed by atoms with Gasteiger partial charge in [0.15, 0.2) is 6.10 Å². The van der Waals surface area contributed by atoms with E-state index in [1.54, 1.807) is 0 Å². The lowest BCUT2D eigenvalue weighted by atomic mass is 10.1. The molecule has 11 heteroatoms. The van der Waals surface area contributed by atoms with E-state index in [1.165, 1.54) is 0 Å². The maximum atomic E-state index is 12.7. The van der Waals surface area contributed by atoms with Crippen LogP contribution in [-0.4, -0.2) is 87.1 Å². The molecular formula is C50H79NO9P+. The Morgan fingerprint density at radius 3 is 1.54 bits per heavy atom. The van der Waals surface area contributed by atoms with Crippen molar-refractivity contribution in [2.45, 2.75) is 135 Å². The molecule has 1 saturated heterocycles. The van der Waals surface area contributed by atoms with E-state index in [4.69, 9.17) is 23.3 Å². The van der Waals surface area contributed by atoms with Crippen LogP contribution in [0.1, 0.15) is 117 Å². The molecule has 4 atom stereocenters. The monoisotopic (exact) mass is 869 g/mol. The normalized spacial score (nSPS) is 18.0. The molecule has 0 radical (unpaired) electrons. The molecule has 0 spiro atoms. The number of esters is 2. The lowest BCUT2D eigenvalue weighted by molar-refractivity contribution is -0.870. The van der Waals surface area contributed by atoms with Gasteiger partial charge in [-0.05, 0) is 89.9 Å². The number of quaternary nitrogens is 1. The number of epoxide rings is 1. The number of nitrogens with zero attached hydrogens (tertiary/aromatic N) is 1. The molecule has 0 saturated carbocycles. The summed E-state index contributed by atoms with van der Waals surface area (Å²) < 4.78 is 39.8. The Bertz CT molecular complexity index is 1510. The lowest BCUT2D eigenvalue weighted by Gasteiger charge is -2.24. The number of likely N-dealkylation sites (N-methyl/N-ethyl adjacent to an activating group) is 1. The molecule has 0 aromatic carbocycles. The molecule has 1 aliphatic heterocycles. The molecule has 1 heterocycles. The molecule has 0 aromatic rings. The minimum Gasteiger partial charge on any atom is -0.462 e. The van der Waals surface area contributed by atoms with Crippen molar-refractivity contribution in [3.63, 3.8) is 0 Å². The lowest BCUT2D eigenvalue weighted by Crippen LogP contribution is -2.37. The number of carbonyl (C=O) groups excluding carboxylic acids is 2. The number of hydrogen-bond donors (Lipinski definition) is 1. The minimum absolute atomic E-state index is 0.000495. The first-order chi connectivity index (χ1) is 29.5. The van der Waals surface area contributed by atoms with Crippen LogP contribution < -0.4 is 0 Å². The van der Waals surface area contributed by atoms with Crippen molar-refractivity contribution < 1.29 is 46.8 Å². The van der Waals surface area contributed by atoms with Gasteiger partial charge in [-0.15, -0.1) is 0 Å². The second kappa shape index (κ2) is 37.0. The summed E-state index contributed by atoms with van der Waals surface area (Å²) in [5, 5.41) is 0. The fourth-order valence-electron chi connectivity index (χ4n) is 5.35. The fraction of sp³-hybridized carbons (Fsp3) is 0.560. The topological polar surface area (TPSA) is 121 Å². The number of unbranched alkanes of at least 4 members (excludes halogenated alkanes) is 1. The standard InChI is InChI=1S/C50H78NO9P/c1-6-8-10-11-12-13-14-15-16-17-18-19-23-26-29-32-36-40-49(52)56-44-46(45-58-61(54,55)57-43-42-51(3,4)5)59-50(53)41-37-33-30-27-24-21-20-22-25-28-31-35-39-48-47(60-48)38-34-9-7-2/h8-10,12-13,15-16,18-19,21-22,24-26,29-31,33-35,46-48H,6-7,11,14,17,20,23,27-28,32,36-45H2,1-5H3/p+1/b10-8-,13-12-,16-15-,19-18-,24-21-,25-22-,29-26-,33-30-,34-9-,35-31-/t46-,47?,48?/m1/s1. The Morgan fingerprint density at radius 2 is 1.03 bits per heavy atom.